The maximum absolute atomic E-state index is 5.88. The molecule has 0 N–H and O–H groups in total. The van der Waals surface area contributed by atoms with Crippen LogP contribution in [-0.4, -0.2) is 47.4 Å². The molecule has 146 valence electrons. The highest BCUT2D eigenvalue weighted by molar-refractivity contribution is 5.27. The Labute approximate surface area is 162 Å². The van der Waals surface area contributed by atoms with E-state index < -0.39 is 0 Å². The van der Waals surface area contributed by atoms with Gasteiger partial charge in [0.05, 0.1) is 12.9 Å². The summed E-state index contributed by atoms with van der Waals surface area (Å²) in [5, 5.41) is 0. The highest BCUT2D eigenvalue weighted by atomic mass is 16.5. The predicted molar refractivity (Wildman–Crippen MR) is 106 cm³/mol. The van der Waals surface area contributed by atoms with Crippen LogP contribution in [0, 0.1) is 5.41 Å². The molecule has 0 atom stereocenters. The largest absolute Gasteiger partial charge is 0.494 e. The van der Waals surface area contributed by atoms with Crippen molar-refractivity contribution in [2.45, 2.75) is 45.2 Å². The number of likely N-dealkylation sites (tertiary alicyclic amines) is 1. The van der Waals surface area contributed by atoms with Gasteiger partial charge in [0.2, 0.25) is 0 Å². The van der Waals surface area contributed by atoms with Crippen molar-refractivity contribution in [3.63, 3.8) is 0 Å². The van der Waals surface area contributed by atoms with E-state index in [2.05, 4.69) is 38.7 Å². The Balaban J connectivity index is 1.22. The highest BCUT2D eigenvalue weighted by Crippen LogP contribution is 2.39. The van der Waals surface area contributed by atoms with E-state index in [9.17, 15) is 0 Å². The first-order chi connectivity index (χ1) is 13.3. The van der Waals surface area contributed by atoms with Crippen LogP contribution in [0.2, 0.25) is 0 Å². The molecule has 4 rings (SSSR count). The maximum Gasteiger partial charge on any atom is 0.119 e. The van der Waals surface area contributed by atoms with Crippen LogP contribution in [0.4, 0.5) is 0 Å². The molecule has 5 nitrogen and oxygen atoms in total. The third-order valence-electron chi connectivity index (χ3n) is 6.01. The van der Waals surface area contributed by atoms with Crippen molar-refractivity contribution >= 4 is 0 Å². The van der Waals surface area contributed by atoms with Crippen LogP contribution in [0.5, 0.6) is 5.75 Å². The molecule has 0 amide bonds. The normalized spacial score (nSPS) is 20.0. The van der Waals surface area contributed by atoms with Crippen LogP contribution < -0.4 is 4.74 Å². The molecule has 1 aromatic carbocycles. The molecule has 1 spiro atoms. The van der Waals surface area contributed by atoms with Crippen LogP contribution >= 0.6 is 0 Å². The molecule has 0 radical (unpaired) electrons. The van der Waals surface area contributed by atoms with E-state index in [1.165, 1.54) is 44.3 Å². The summed E-state index contributed by atoms with van der Waals surface area (Å²) >= 11 is 0. The maximum atomic E-state index is 5.88. The number of piperidine rings is 1. The number of hydrogen-bond donors (Lipinski definition) is 0. The van der Waals surface area contributed by atoms with Crippen LogP contribution in [-0.2, 0) is 17.8 Å². The minimum absolute atomic E-state index is 0.509. The Morgan fingerprint density at radius 3 is 2.74 bits per heavy atom. The van der Waals surface area contributed by atoms with Gasteiger partial charge in [-0.15, -0.1) is 0 Å². The fraction of sp³-hybridized carbons (Fsp3) is 0.591. The fourth-order valence-electron chi connectivity index (χ4n) is 4.46. The second-order valence-electron chi connectivity index (χ2n) is 8.07. The molecule has 0 aliphatic carbocycles. The lowest BCUT2D eigenvalue weighted by Crippen LogP contribution is -2.45. The molecular weight excluding hydrogens is 338 g/mol. The van der Waals surface area contributed by atoms with Gasteiger partial charge >= 0.3 is 0 Å². The summed E-state index contributed by atoms with van der Waals surface area (Å²) in [6, 6.07) is 8.66. The topological polar surface area (TPSA) is 39.5 Å². The summed E-state index contributed by atoms with van der Waals surface area (Å²) in [5.74, 6) is 0.962. The Bertz CT molecular complexity index is 673. The smallest absolute Gasteiger partial charge is 0.119 e. The quantitative estimate of drug-likeness (QED) is 0.697. The van der Waals surface area contributed by atoms with Crippen molar-refractivity contribution < 1.29 is 9.47 Å². The predicted octanol–water partition coefficient (Wildman–Crippen LogP) is 3.74. The number of rotatable bonds is 7. The zero-order chi connectivity index (χ0) is 18.4. The number of hydrogen-bond acceptors (Lipinski definition) is 4. The first-order valence-corrected chi connectivity index (χ1v) is 10.3. The van der Waals surface area contributed by atoms with Gasteiger partial charge in [-0.25, -0.2) is 4.98 Å². The summed E-state index contributed by atoms with van der Waals surface area (Å²) in [4.78, 5) is 6.69. The number of nitrogens with zero attached hydrogens (tertiary/aromatic N) is 3. The summed E-state index contributed by atoms with van der Waals surface area (Å²) in [5.41, 5.74) is 1.89. The number of imidazole rings is 1. The van der Waals surface area contributed by atoms with E-state index in [0.717, 1.165) is 45.1 Å². The third kappa shape index (κ3) is 5.11. The van der Waals surface area contributed by atoms with Gasteiger partial charge in [-0.1, -0.05) is 12.1 Å². The lowest BCUT2D eigenvalue weighted by Gasteiger charge is -2.45. The zero-order valence-electron chi connectivity index (χ0n) is 16.2. The molecule has 1 aromatic heterocycles. The summed E-state index contributed by atoms with van der Waals surface area (Å²) in [7, 11) is 0. The fourth-order valence-corrected chi connectivity index (χ4v) is 4.46. The molecule has 0 bridgehead atoms. The van der Waals surface area contributed by atoms with E-state index >= 15 is 0 Å². The second kappa shape index (κ2) is 8.89. The number of ether oxygens (including phenoxy) is 2. The summed E-state index contributed by atoms with van der Waals surface area (Å²) in [6.07, 6.45) is 11.8. The molecule has 2 aromatic rings. The molecule has 0 saturated carbocycles. The highest BCUT2D eigenvalue weighted by Gasteiger charge is 2.36. The van der Waals surface area contributed by atoms with Gasteiger partial charge in [0, 0.05) is 45.2 Å². The molecule has 2 aliphatic heterocycles. The average Bonchev–Trinajstić information content (AvgIpc) is 3.21. The van der Waals surface area contributed by atoms with E-state index in [0.29, 0.717) is 5.41 Å². The lowest BCUT2D eigenvalue weighted by molar-refractivity contribution is -0.0291. The van der Waals surface area contributed by atoms with E-state index in [-0.39, 0.29) is 0 Å². The molecule has 2 aliphatic rings. The standard InChI is InChI=1S/C22H31N3O2/c1-7-22(8-15-26-16-9-22)18-25(11-1)17-20-3-5-21(6-4-20)27-14-2-12-24-13-10-23-19-24/h3-6,10,13,19H,1-2,7-9,11-12,14-18H2. The van der Waals surface area contributed by atoms with Gasteiger partial charge in [-0.05, 0) is 61.8 Å². The molecule has 2 saturated heterocycles. The molecule has 2 fully saturated rings. The Morgan fingerprint density at radius 2 is 1.96 bits per heavy atom. The van der Waals surface area contributed by atoms with Gasteiger partial charge in [-0.2, -0.15) is 0 Å². The minimum atomic E-state index is 0.509. The Kier molecular flexibility index (Phi) is 6.10. The molecular formula is C22H31N3O2. The van der Waals surface area contributed by atoms with Gasteiger partial charge in [0.1, 0.15) is 5.75 Å². The monoisotopic (exact) mass is 369 g/mol. The van der Waals surface area contributed by atoms with Crippen LogP contribution in [0.25, 0.3) is 0 Å². The number of benzene rings is 1. The van der Waals surface area contributed by atoms with E-state index in [1.807, 2.05) is 18.7 Å². The average molecular weight is 370 g/mol. The van der Waals surface area contributed by atoms with Crippen molar-refractivity contribution in [2.24, 2.45) is 5.41 Å². The van der Waals surface area contributed by atoms with E-state index in [4.69, 9.17) is 9.47 Å². The number of aromatic nitrogens is 2. The lowest BCUT2D eigenvalue weighted by atomic mass is 9.74. The van der Waals surface area contributed by atoms with Crippen molar-refractivity contribution in [1.29, 1.82) is 0 Å². The van der Waals surface area contributed by atoms with Gasteiger partial charge < -0.3 is 14.0 Å². The first-order valence-electron chi connectivity index (χ1n) is 10.3. The Hall–Kier alpha value is -1.85. The van der Waals surface area contributed by atoms with Gasteiger partial charge in [0.15, 0.2) is 0 Å². The Morgan fingerprint density at radius 1 is 1.11 bits per heavy atom. The SMILES string of the molecule is c1cn(CCCOc2ccc(CN3CCCC4(CCOCC4)C3)cc2)cn1. The van der Waals surface area contributed by atoms with Gasteiger partial charge in [-0.3, -0.25) is 4.90 Å². The third-order valence-corrected chi connectivity index (χ3v) is 6.01. The van der Waals surface area contributed by atoms with Crippen LogP contribution in [0.1, 0.15) is 37.7 Å². The van der Waals surface area contributed by atoms with Crippen molar-refractivity contribution in [3.8, 4) is 5.75 Å². The van der Waals surface area contributed by atoms with Crippen molar-refractivity contribution in [3.05, 3.63) is 48.5 Å². The van der Waals surface area contributed by atoms with Crippen molar-refractivity contribution in [1.82, 2.24) is 14.5 Å². The van der Waals surface area contributed by atoms with E-state index in [1.54, 1.807) is 0 Å². The van der Waals surface area contributed by atoms with Gasteiger partial charge in [0.25, 0.3) is 0 Å². The minimum Gasteiger partial charge on any atom is -0.494 e. The molecule has 3 heterocycles. The molecule has 27 heavy (non-hydrogen) atoms. The number of aryl methyl sites for hydroxylation is 1. The van der Waals surface area contributed by atoms with Crippen molar-refractivity contribution in [2.75, 3.05) is 32.9 Å². The zero-order valence-corrected chi connectivity index (χ0v) is 16.2. The summed E-state index contributed by atoms with van der Waals surface area (Å²) < 4.78 is 13.5. The molecule has 0 unspecified atom stereocenters. The second-order valence-corrected chi connectivity index (χ2v) is 8.07. The summed E-state index contributed by atoms with van der Waals surface area (Å²) in [6.45, 7) is 7.05. The van der Waals surface area contributed by atoms with Crippen LogP contribution in [0.3, 0.4) is 0 Å². The van der Waals surface area contributed by atoms with Crippen LogP contribution in [0.15, 0.2) is 43.0 Å². The first kappa shape index (κ1) is 18.5. The molecule has 5 heteroatoms.